The highest BCUT2D eigenvalue weighted by molar-refractivity contribution is 5.86. The van der Waals surface area contributed by atoms with Crippen LogP contribution in [0.2, 0.25) is 0 Å². The number of carbonyl (C=O) groups excluding carboxylic acids is 2. The number of aromatic nitrogens is 1. The van der Waals surface area contributed by atoms with E-state index in [9.17, 15) is 9.59 Å². The Bertz CT molecular complexity index is 875. The lowest BCUT2D eigenvalue weighted by atomic mass is 9.75. The summed E-state index contributed by atoms with van der Waals surface area (Å²) in [6.07, 6.45) is 5.99. The van der Waals surface area contributed by atoms with Gasteiger partial charge in [0, 0.05) is 30.4 Å². The van der Waals surface area contributed by atoms with Crippen molar-refractivity contribution in [3.63, 3.8) is 0 Å². The van der Waals surface area contributed by atoms with Crippen LogP contribution in [0.15, 0.2) is 30.5 Å². The first-order valence-electron chi connectivity index (χ1n) is 11.5. The van der Waals surface area contributed by atoms with Crippen molar-refractivity contribution < 1.29 is 19.1 Å². The van der Waals surface area contributed by atoms with Crippen molar-refractivity contribution in [1.29, 1.82) is 0 Å². The second-order valence-corrected chi connectivity index (χ2v) is 9.22. The van der Waals surface area contributed by atoms with Crippen molar-refractivity contribution in [3.8, 4) is 0 Å². The minimum atomic E-state index is -0.727. The molecule has 6 heteroatoms. The van der Waals surface area contributed by atoms with Gasteiger partial charge >= 0.3 is 5.97 Å². The number of hydrogen-bond donors (Lipinski definition) is 2. The Hall–Kier alpha value is -2.34. The quantitative estimate of drug-likeness (QED) is 0.463. The Morgan fingerprint density at radius 1 is 1.19 bits per heavy atom. The highest BCUT2D eigenvalue weighted by Crippen LogP contribution is 2.35. The maximum atomic E-state index is 12.7. The average Bonchev–Trinajstić information content (AvgIpc) is 3.13. The van der Waals surface area contributed by atoms with Crippen LogP contribution < -0.4 is 5.32 Å². The maximum absolute atomic E-state index is 12.7. The molecule has 2 N–H and O–H groups in total. The first-order chi connectivity index (χ1) is 14.8. The highest BCUT2D eigenvalue weighted by atomic mass is 16.6. The predicted molar refractivity (Wildman–Crippen MR) is 122 cm³/mol. The van der Waals surface area contributed by atoms with Gasteiger partial charge in [-0.05, 0) is 42.2 Å². The molecule has 0 aliphatic heterocycles. The number of hydrogen-bond acceptors (Lipinski definition) is 4. The van der Waals surface area contributed by atoms with Crippen molar-refractivity contribution >= 4 is 22.8 Å². The van der Waals surface area contributed by atoms with E-state index in [1.54, 1.807) is 0 Å². The van der Waals surface area contributed by atoms with E-state index in [-0.39, 0.29) is 18.6 Å². The molecule has 1 amide bonds. The molecule has 0 saturated heterocycles. The number of benzene rings is 1. The number of aromatic amines is 1. The van der Waals surface area contributed by atoms with Crippen LogP contribution in [0.4, 0.5) is 0 Å². The fourth-order valence-corrected chi connectivity index (χ4v) is 4.71. The monoisotopic (exact) mass is 428 g/mol. The summed E-state index contributed by atoms with van der Waals surface area (Å²) in [7, 11) is 0. The summed E-state index contributed by atoms with van der Waals surface area (Å²) < 4.78 is 11.6. The van der Waals surface area contributed by atoms with E-state index in [4.69, 9.17) is 9.47 Å². The Labute approximate surface area is 185 Å². The summed E-state index contributed by atoms with van der Waals surface area (Å²) in [5, 5.41) is 3.77. The Morgan fingerprint density at radius 3 is 2.71 bits per heavy atom. The van der Waals surface area contributed by atoms with Crippen LogP contribution in [-0.2, 0) is 25.5 Å². The largest absolute Gasteiger partial charge is 0.462 e. The van der Waals surface area contributed by atoms with E-state index in [1.165, 1.54) is 19.8 Å². The number of ether oxygens (including phenoxy) is 2. The standard InChI is InChI=1S/C25H36N2O4/c1-16(2)20-10-9-17(3)13-24(20)30-11-12-31-25(29)23(27-18(4)28)14-19-15-26-22-8-6-5-7-21(19)22/h5-8,15-17,20,23-24,26H,9-14H2,1-4H3,(H,27,28)/t17?,20?,23-,24?/m1/s1. The third-order valence-corrected chi connectivity index (χ3v) is 6.38. The maximum Gasteiger partial charge on any atom is 0.329 e. The highest BCUT2D eigenvalue weighted by Gasteiger charge is 2.31. The van der Waals surface area contributed by atoms with E-state index < -0.39 is 12.0 Å². The lowest BCUT2D eigenvalue weighted by molar-refractivity contribution is -0.150. The van der Waals surface area contributed by atoms with Gasteiger partial charge in [-0.15, -0.1) is 0 Å². The number of carbonyl (C=O) groups is 2. The lowest BCUT2D eigenvalue weighted by Crippen LogP contribution is -2.42. The molecule has 1 heterocycles. The van der Waals surface area contributed by atoms with Gasteiger partial charge in [0.2, 0.25) is 5.91 Å². The average molecular weight is 429 g/mol. The van der Waals surface area contributed by atoms with Gasteiger partial charge in [-0.25, -0.2) is 4.79 Å². The molecule has 6 nitrogen and oxygen atoms in total. The summed E-state index contributed by atoms with van der Waals surface area (Å²) in [5.74, 6) is 1.12. The van der Waals surface area contributed by atoms with Crippen LogP contribution in [0.1, 0.15) is 52.5 Å². The van der Waals surface area contributed by atoms with Crippen molar-refractivity contribution in [2.45, 2.75) is 65.5 Å². The Morgan fingerprint density at radius 2 is 1.97 bits per heavy atom. The minimum Gasteiger partial charge on any atom is -0.462 e. The molecule has 2 aromatic rings. The van der Waals surface area contributed by atoms with Gasteiger partial charge in [-0.2, -0.15) is 0 Å². The van der Waals surface area contributed by atoms with Gasteiger partial charge in [-0.3, -0.25) is 4.79 Å². The van der Waals surface area contributed by atoms with Gasteiger partial charge in [0.05, 0.1) is 12.7 Å². The van der Waals surface area contributed by atoms with E-state index in [0.717, 1.165) is 22.9 Å². The SMILES string of the molecule is CC(=O)N[C@H](Cc1c[nH]c2ccccc12)C(=O)OCCOC1CC(C)CCC1C(C)C. The van der Waals surface area contributed by atoms with Crippen LogP contribution in [0.25, 0.3) is 10.9 Å². The van der Waals surface area contributed by atoms with Gasteiger partial charge in [-0.1, -0.05) is 45.4 Å². The first kappa shape index (κ1) is 23.3. The van der Waals surface area contributed by atoms with E-state index in [1.807, 2.05) is 30.5 Å². The molecular formula is C25H36N2O4. The summed E-state index contributed by atoms with van der Waals surface area (Å²) in [5.41, 5.74) is 1.97. The molecule has 1 aliphatic carbocycles. The van der Waals surface area contributed by atoms with Gasteiger partial charge in [0.1, 0.15) is 12.6 Å². The zero-order valence-corrected chi connectivity index (χ0v) is 19.1. The normalized spacial score (nSPS) is 22.4. The Kier molecular flexibility index (Phi) is 8.13. The summed E-state index contributed by atoms with van der Waals surface area (Å²) in [4.78, 5) is 27.6. The second-order valence-electron chi connectivity index (χ2n) is 9.22. The van der Waals surface area contributed by atoms with E-state index in [0.29, 0.717) is 30.8 Å². The molecule has 3 unspecified atom stereocenters. The Balaban J connectivity index is 1.54. The third-order valence-electron chi connectivity index (χ3n) is 6.38. The number of H-pyrrole nitrogens is 1. The van der Waals surface area contributed by atoms with Crippen LogP contribution in [0.5, 0.6) is 0 Å². The molecule has 31 heavy (non-hydrogen) atoms. The lowest BCUT2D eigenvalue weighted by Gasteiger charge is -2.37. The molecular weight excluding hydrogens is 392 g/mol. The first-order valence-corrected chi connectivity index (χ1v) is 11.5. The third kappa shape index (κ3) is 6.33. The van der Waals surface area contributed by atoms with Crippen LogP contribution in [0, 0.1) is 17.8 Å². The summed E-state index contributed by atoms with van der Waals surface area (Å²) >= 11 is 0. The number of nitrogens with one attached hydrogen (secondary N) is 2. The smallest absolute Gasteiger partial charge is 0.329 e. The molecule has 1 aromatic heterocycles. The second kappa shape index (κ2) is 10.8. The van der Waals surface area contributed by atoms with Crippen LogP contribution >= 0.6 is 0 Å². The topological polar surface area (TPSA) is 80.4 Å². The minimum absolute atomic E-state index is 0.193. The van der Waals surface area contributed by atoms with Gasteiger partial charge in [0.15, 0.2) is 0 Å². The number of amides is 1. The molecule has 3 rings (SSSR count). The van der Waals surface area contributed by atoms with Crippen molar-refractivity contribution in [3.05, 3.63) is 36.0 Å². The van der Waals surface area contributed by atoms with Crippen molar-refractivity contribution in [2.75, 3.05) is 13.2 Å². The molecule has 1 fully saturated rings. The predicted octanol–water partition coefficient (Wildman–Crippen LogP) is 4.24. The fourth-order valence-electron chi connectivity index (χ4n) is 4.71. The molecule has 0 bridgehead atoms. The molecule has 1 saturated carbocycles. The van der Waals surface area contributed by atoms with E-state index >= 15 is 0 Å². The van der Waals surface area contributed by atoms with Crippen molar-refractivity contribution in [2.24, 2.45) is 17.8 Å². The number of esters is 1. The molecule has 4 atom stereocenters. The number of fused-ring (bicyclic) bond motifs is 1. The van der Waals surface area contributed by atoms with Gasteiger partial charge < -0.3 is 19.8 Å². The van der Waals surface area contributed by atoms with Crippen LogP contribution in [0.3, 0.4) is 0 Å². The molecule has 0 spiro atoms. The van der Waals surface area contributed by atoms with Crippen LogP contribution in [-0.4, -0.2) is 42.2 Å². The van der Waals surface area contributed by atoms with Gasteiger partial charge in [0.25, 0.3) is 0 Å². The molecule has 170 valence electrons. The summed E-state index contributed by atoms with van der Waals surface area (Å²) in [6, 6.07) is 7.17. The zero-order valence-electron chi connectivity index (χ0n) is 19.1. The number of rotatable bonds is 9. The molecule has 1 aliphatic rings. The van der Waals surface area contributed by atoms with Crippen molar-refractivity contribution in [1.82, 2.24) is 10.3 Å². The fraction of sp³-hybridized carbons (Fsp3) is 0.600. The summed E-state index contributed by atoms with van der Waals surface area (Å²) in [6.45, 7) is 8.76. The number of para-hydroxylation sites is 1. The van der Waals surface area contributed by atoms with E-state index in [2.05, 4.69) is 31.1 Å². The molecule has 0 radical (unpaired) electrons. The zero-order chi connectivity index (χ0) is 22.4. The molecule has 1 aromatic carbocycles.